The second-order valence-corrected chi connectivity index (χ2v) is 4.58. The molecule has 0 radical (unpaired) electrons. The Hall–Kier alpha value is -1.30. The maximum absolute atomic E-state index is 13.5. The lowest BCUT2D eigenvalue weighted by molar-refractivity contribution is -0.119. The molecule has 0 aliphatic carbocycles. The molecule has 0 heterocycles. The van der Waals surface area contributed by atoms with Gasteiger partial charge in [0.1, 0.15) is 12.4 Å². The molecule has 2 N–H and O–H groups in total. The third-order valence-electron chi connectivity index (χ3n) is 2.89. The van der Waals surface area contributed by atoms with E-state index in [1.165, 1.54) is 19.1 Å². The zero-order chi connectivity index (χ0) is 14.8. The van der Waals surface area contributed by atoms with Crippen LogP contribution in [0.15, 0.2) is 12.1 Å². The van der Waals surface area contributed by atoms with E-state index in [0.29, 0.717) is 16.8 Å². The van der Waals surface area contributed by atoms with Gasteiger partial charge in [-0.2, -0.15) is 13.2 Å². The van der Waals surface area contributed by atoms with Gasteiger partial charge in [0.25, 0.3) is 0 Å². The third kappa shape index (κ3) is 4.09. The number of anilines is 1. The minimum atomic E-state index is -4.31. The Kier molecular flexibility index (Phi) is 4.79. The average molecular weight is 278 g/mol. The van der Waals surface area contributed by atoms with Crippen LogP contribution in [-0.4, -0.2) is 19.3 Å². The van der Waals surface area contributed by atoms with Gasteiger partial charge in [-0.05, 0) is 44.0 Å². The molecule has 0 spiro atoms. The minimum Gasteiger partial charge on any atom is -0.363 e. The number of rotatable bonds is 4. The molecule has 0 aromatic heterocycles. The summed E-state index contributed by atoms with van der Waals surface area (Å²) in [7, 11) is 0. The number of benzene rings is 1. The molecule has 1 atom stereocenters. The minimum absolute atomic E-state index is 0.171. The Morgan fingerprint density at radius 1 is 1.32 bits per heavy atom. The summed E-state index contributed by atoms with van der Waals surface area (Å²) >= 11 is 0. The first-order chi connectivity index (χ1) is 8.65. The van der Waals surface area contributed by atoms with Crippen LogP contribution in [0, 0.1) is 12.7 Å². The largest absolute Gasteiger partial charge is 0.405 e. The van der Waals surface area contributed by atoms with Gasteiger partial charge in [0.05, 0.1) is 0 Å². The Morgan fingerprint density at radius 3 is 2.32 bits per heavy atom. The molecule has 108 valence electrons. The highest BCUT2D eigenvalue weighted by atomic mass is 19.4. The summed E-state index contributed by atoms with van der Waals surface area (Å²) in [5.41, 5.74) is 6.75. The zero-order valence-corrected chi connectivity index (χ0v) is 11.2. The Bertz CT molecular complexity index is 441. The highest BCUT2D eigenvalue weighted by Crippen LogP contribution is 2.30. The molecular formula is C13H18F4N2. The van der Waals surface area contributed by atoms with Crippen molar-refractivity contribution in [2.75, 3.05) is 18.0 Å². The quantitative estimate of drug-likeness (QED) is 0.853. The van der Waals surface area contributed by atoms with Gasteiger partial charge in [0.15, 0.2) is 0 Å². The highest BCUT2D eigenvalue weighted by Gasteiger charge is 2.31. The van der Waals surface area contributed by atoms with E-state index in [4.69, 9.17) is 5.73 Å². The van der Waals surface area contributed by atoms with E-state index in [0.717, 1.165) is 4.90 Å². The number of nitrogens with two attached hydrogens (primary N) is 1. The highest BCUT2D eigenvalue weighted by molar-refractivity contribution is 5.57. The van der Waals surface area contributed by atoms with Crippen molar-refractivity contribution in [1.29, 1.82) is 0 Å². The fourth-order valence-corrected chi connectivity index (χ4v) is 1.90. The van der Waals surface area contributed by atoms with E-state index >= 15 is 0 Å². The fourth-order valence-electron chi connectivity index (χ4n) is 1.90. The molecule has 0 saturated carbocycles. The van der Waals surface area contributed by atoms with Crippen molar-refractivity contribution in [3.63, 3.8) is 0 Å². The summed E-state index contributed by atoms with van der Waals surface area (Å²) in [6, 6.07) is 2.10. The first kappa shape index (κ1) is 15.8. The summed E-state index contributed by atoms with van der Waals surface area (Å²) in [5.74, 6) is -0.459. The lowest BCUT2D eigenvalue weighted by atomic mass is 10.0. The molecule has 0 fully saturated rings. The van der Waals surface area contributed by atoms with Gasteiger partial charge in [-0.15, -0.1) is 0 Å². The lowest BCUT2D eigenvalue weighted by Crippen LogP contribution is -2.35. The van der Waals surface area contributed by atoms with E-state index in [9.17, 15) is 17.6 Å². The molecule has 0 bridgehead atoms. The summed E-state index contributed by atoms with van der Waals surface area (Å²) in [6.07, 6.45) is -4.31. The monoisotopic (exact) mass is 278 g/mol. The van der Waals surface area contributed by atoms with Gasteiger partial charge in [0, 0.05) is 18.3 Å². The molecule has 0 aliphatic rings. The molecule has 0 amide bonds. The molecule has 6 heteroatoms. The zero-order valence-electron chi connectivity index (χ0n) is 11.2. The standard InChI is InChI=1S/C13H18F4N2/c1-4-19(7-13(15,16)17)12-5-8(2)11(14)6-10(12)9(3)18/h5-6,9H,4,7,18H2,1-3H3. The number of hydrogen-bond acceptors (Lipinski definition) is 2. The number of halogens is 4. The van der Waals surface area contributed by atoms with Gasteiger partial charge < -0.3 is 10.6 Å². The van der Waals surface area contributed by atoms with Crippen LogP contribution in [0.5, 0.6) is 0 Å². The number of aryl methyl sites for hydroxylation is 1. The van der Waals surface area contributed by atoms with Gasteiger partial charge in [-0.3, -0.25) is 0 Å². The van der Waals surface area contributed by atoms with Crippen LogP contribution in [0.25, 0.3) is 0 Å². The molecular weight excluding hydrogens is 260 g/mol. The van der Waals surface area contributed by atoms with Crippen LogP contribution in [-0.2, 0) is 0 Å². The lowest BCUT2D eigenvalue weighted by Gasteiger charge is -2.28. The number of nitrogens with zero attached hydrogens (tertiary/aromatic N) is 1. The normalized spacial score (nSPS) is 13.5. The summed E-state index contributed by atoms with van der Waals surface area (Å²) < 4.78 is 51.2. The van der Waals surface area contributed by atoms with Crippen molar-refractivity contribution in [3.05, 3.63) is 29.1 Å². The maximum atomic E-state index is 13.5. The van der Waals surface area contributed by atoms with Crippen LogP contribution in [0.2, 0.25) is 0 Å². The predicted octanol–water partition coefficient (Wildman–Crippen LogP) is 3.54. The van der Waals surface area contributed by atoms with Crippen molar-refractivity contribution >= 4 is 5.69 Å². The van der Waals surface area contributed by atoms with Crippen molar-refractivity contribution in [2.45, 2.75) is 33.0 Å². The molecule has 1 aromatic rings. The molecule has 19 heavy (non-hydrogen) atoms. The smallest absolute Gasteiger partial charge is 0.363 e. The summed E-state index contributed by atoms with van der Waals surface area (Å²) in [5, 5.41) is 0. The first-order valence-corrected chi connectivity index (χ1v) is 6.03. The molecule has 2 nitrogen and oxygen atoms in total. The molecule has 1 rings (SSSR count). The fraction of sp³-hybridized carbons (Fsp3) is 0.538. The molecule has 0 aliphatic heterocycles. The van der Waals surface area contributed by atoms with E-state index in [2.05, 4.69) is 0 Å². The number of hydrogen-bond donors (Lipinski definition) is 1. The van der Waals surface area contributed by atoms with E-state index in [1.54, 1.807) is 13.8 Å². The molecule has 1 unspecified atom stereocenters. The average Bonchev–Trinajstić information content (AvgIpc) is 2.27. The molecule has 1 aromatic carbocycles. The van der Waals surface area contributed by atoms with Crippen LogP contribution in [0.3, 0.4) is 0 Å². The van der Waals surface area contributed by atoms with Crippen LogP contribution in [0.4, 0.5) is 23.2 Å². The predicted molar refractivity (Wildman–Crippen MR) is 67.7 cm³/mol. The van der Waals surface area contributed by atoms with Crippen molar-refractivity contribution in [2.24, 2.45) is 5.73 Å². The van der Waals surface area contributed by atoms with Crippen molar-refractivity contribution in [3.8, 4) is 0 Å². The van der Waals surface area contributed by atoms with Crippen LogP contribution >= 0.6 is 0 Å². The second-order valence-electron chi connectivity index (χ2n) is 4.58. The molecule has 0 saturated heterocycles. The van der Waals surface area contributed by atoms with Gasteiger partial charge in [-0.1, -0.05) is 0 Å². The summed E-state index contributed by atoms with van der Waals surface area (Å²) in [6.45, 7) is 3.86. The van der Waals surface area contributed by atoms with E-state index in [1.807, 2.05) is 0 Å². The van der Waals surface area contributed by atoms with Gasteiger partial charge in [0.2, 0.25) is 0 Å². The van der Waals surface area contributed by atoms with Gasteiger partial charge in [-0.25, -0.2) is 4.39 Å². The maximum Gasteiger partial charge on any atom is 0.405 e. The van der Waals surface area contributed by atoms with Crippen molar-refractivity contribution < 1.29 is 17.6 Å². The van der Waals surface area contributed by atoms with E-state index < -0.39 is 24.6 Å². The Balaban J connectivity index is 3.25. The number of alkyl halides is 3. The second kappa shape index (κ2) is 5.77. The van der Waals surface area contributed by atoms with Crippen LogP contribution in [0.1, 0.15) is 31.0 Å². The Morgan fingerprint density at radius 2 is 1.89 bits per heavy atom. The third-order valence-corrected chi connectivity index (χ3v) is 2.89. The van der Waals surface area contributed by atoms with Gasteiger partial charge >= 0.3 is 6.18 Å². The van der Waals surface area contributed by atoms with E-state index in [-0.39, 0.29) is 6.54 Å². The topological polar surface area (TPSA) is 29.3 Å². The van der Waals surface area contributed by atoms with Crippen LogP contribution < -0.4 is 10.6 Å². The summed E-state index contributed by atoms with van der Waals surface area (Å²) in [4.78, 5) is 1.16. The first-order valence-electron chi connectivity index (χ1n) is 6.03. The van der Waals surface area contributed by atoms with Crippen molar-refractivity contribution in [1.82, 2.24) is 0 Å². The Labute approximate surface area is 110 Å². The SMILES string of the molecule is CCN(CC(F)(F)F)c1cc(C)c(F)cc1C(C)N.